The second kappa shape index (κ2) is 9.82. The summed E-state index contributed by atoms with van der Waals surface area (Å²) < 4.78 is 35.3. The van der Waals surface area contributed by atoms with Gasteiger partial charge in [-0.15, -0.1) is 0 Å². The molecule has 0 atom stereocenters. The summed E-state index contributed by atoms with van der Waals surface area (Å²) in [6.07, 6.45) is 1.80. The lowest BCUT2D eigenvalue weighted by atomic mass is 10.0. The van der Waals surface area contributed by atoms with Gasteiger partial charge in [0.1, 0.15) is 0 Å². The quantitative estimate of drug-likeness (QED) is 0.268. The van der Waals surface area contributed by atoms with Crippen molar-refractivity contribution in [3.05, 3.63) is 81.2 Å². The number of nitrogens with zero attached hydrogens (tertiary/aromatic N) is 4. The van der Waals surface area contributed by atoms with Gasteiger partial charge < -0.3 is 14.2 Å². The minimum Gasteiger partial charge on any atom is -0.379 e. The van der Waals surface area contributed by atoms with Gasteiger partial charge in [-0.2, -0.15) is 4.31 Å². The van der Waals surface area contributed by atoms with Crippen LogP contribution in [-0.2, 0) is 19.6 Å². The average molecular weight is 537 g/mol. The standard InChI is InChI=1S/C27H28N4O6S/c1-4-29-26-10-9-23(38(35,36)28-11-13-37-14-12-28)17-24(26)25(27(29)32)16-20-15-18(2)30(19(20)3)21-5-7-22(8-6-21)31(33)34/h5-10,15-17H,4,11-14H2,1-3H3. The zero-order chi connectivity index (χ0) is 27.2. The Morgan fingerprint density at radius 1 is 1.05 bits per heavy atom. The predicted octanol–water partition coefficient (Wildman–Crippen LogP) is 3.93. The number of hydrogen-bond donors (Lipinski definition) is 0. The smallest absolute Gasteiger partial charge is 0.269 e. The van der Waals surface area contributed by atoms with Gasteiger partial charge in [-0.25, -0.2) is 8.42 Å². The number of nitro benzene ring substituents is 1. The lowest BCUT2D eigenvalue weighted by molar-refractivity contribution is -0.384. The van der Waals surface area contributed by atoms with Gasteiger partial charge in [0.05, 0.1) is 28.7 Å². The number of amides is 1. The molecular weight excluding hydrogens is 508 g/mol. The molecule has 2 aliphatic heterocycles. The van der Waals surface area contributed by atoms with Crippen LogP contribution in [0, 0.1) is 24.0 Å². The Morgan fingerprint density at radius 3 is 2.37 bits per heavy atom. The van der Waals surface area contributed by atoms with Crippen molar-refractivity contribution in [2.24, 2.45) is 0 Å². The number of benzene rings is 2. The molecule has 10 nitrogen and oxygen atoms in total. The van der Waals surface area contributed by atoms with E-state index in [-0.39, 0.29) is 29.6 Å². The zero-order valence-corrected chi connectivity index (χ0v) is 22.2. The topological polar surface area (TPSA) is 115 Å². The van der Waals surface area contributed by atoms with E-state index in [1.54, 1.807) is 41.3 Å². The molecule has 198 valence electrons. The molecule has 3 aromatic rings. The number of rotatable bonds is 6. The molecule has 3 heterocycles. The van der Waals surface area contributed by atoms with Crippen molar-refractivity contribution in [2.75, 3.05) is 37.7 Å². The molecule has 1 fully saturated rings. The number of ether oxygens (including phenoxy) is 1. The normalized spacial score (nSPS) is 17.3. The van der Waals surface area contributed by atoms with Crippen LogP contribution < -0.4 is 4.90 Å². The van der Waals surface area contributed by atoms with Crippen molar-refractivity contribution in [1.29, 1.82) is 0 Å². The lowest BCUT2D eigenvalue weighted by Crippen LogP contribution is -2.40. The second-order valence-corrected chi connectivity index (χ2v) is 11.2. The number of nitro groups is 1. The van der Waals surface area contributed by atoms with E-state index in [0.29, 0.717) is 36.6 Å². The molecule has 0 aliphatic carbocycles. The molecule has 2 aromatic carbocycles. The van der Waals surface area contributed by atoms with Gasteiger partial charge >= 0.3 is 0 Å². The van der Waals surface area contributed by atoms with Crippen molar-refractivity contribution >= 4 is 39.0 Å². The average Bonchev–Trinajstić information content (AvgIpc) is 3.35. The fourth-order valence-corrected chi connectivity index (χ4v) is 6.53. The molecule has 38 heavy (non-hydrogen) atoms. The molecule has 1 amide bonds. The van der Waals surface area contributed by atoms with Crippen LogP contribution in [0.2, 0.25) is 0 Å². The first-order valence-corrected chi connectivity index (χ1v) is 13.8. The number of hydrogen-bond acceptors (Lipinski definition) is 6. The van der Waals surface area contributed by atoms with Crippen molar-refractivity contribution < 1.29 is 22.9 Å². The summed E-state index contributed by atoms with van der Waals surface area (Å²) in [4.78, 5) is 25.8. The number of morpholine rings is 1. The van der Waals surface area contributed by atoms with Gasteiger partial charge in [0.15, 0.2) is 0 Å². The van der Waals surface area contributed by atoms with Crippen LogP contribution in [0.4, 0.5) is 11.4 Å². The first kappa shape index (κ1) is 25.8. The van der Waals surface area contributed by atoms with E-state index in [9.17, 15) is 23.3 Å². The zero-order valence-electron chi connectivity index (χ0n) is 21.4. The molecule has 0 radical (unpaired) electrons. The Labute approximate surface area is 220 Å². The van der Waals surface area contributed by atoms with Gasteiger partial charge in [0.2, 0.25) is 10.0 Å². The Morgan fingerprint density at radius 2 is 1.74 bits per heavy atom. The first-order valence-electron chi connectivity index (χ1n) is 12.3. The number of sulfonamides is 1. The first-order chi connectivity index (χ1) is 18.1. The van der Waals surface area contributed by atoms with Crippen LogP contribution in [0.3, 0.4) is 0 Å². The molecule has 0 bridgehead atoms. The van der Waals surface area contributed by atoms with Gasteiger partial charge in [0.25, 0.3) is 11.6 Å². The monoisotopic (exact) mass is 536 g/mol. The summed E-state index contributed by atoms with van der Waals surface area (Å²) >= 11 is 0. The minimum atomic E-state index is -3.73. The van der Waals surface area contributed by atoms with E-state index < -0.39 is 14.9 Å². The predicted molar refractivity (Wildman–Crippen MR) is 144 cm³/mol. The summed E-state index contributed by atoms with van der Waals surface area (Å²) in [5, 5.41) is 11.0. The number of likely N-dealkylation sites (N-methyl/N-ethyl adjacent to an activating group) is 1. The summed E-state index contributed by atoms with van der Waals surface area (Å²) in [5.41, 5.74) is 4.99. The van der Waals surface area contributed by atoms with E-state index in [4.69, 9.17) is 4.74 Å². The van der Waals surface area contributed by atoms with Crippen LogP contribution >= 0.6 is 0 Å². The summed E-state index contributed by atoms with van der Waals surface area (Å²) in [5.74, 6) is -0.191. The summed E-state index contributed by atoms with van der Waals surface area (Å²) in [7, 11) is -3.73. The highest BCUT2D eigenvalue weighted by atomic mass is 32.2. The molecule has 5 rings (SSSR count). The Kier molecular flexibility index (Phi) is 6.68. The van der Waals surface area contributed by atoms with E-state index in [0.717, 1.165) is 22.6 Å². The third kappa shape index (κ3) is 4.32. The largest absolute Gasteiger partial charge is 0.379 e. The Hall–Kier alpha value is -3.80. The summed E-state index contributed by atoms with van der Waals surface area (Å²) in [6, 6.07) is 13.1. The van der Waals surface area contributed by atoms with Gasteiger partial charge in [0, 0.05) is 60.0 Å². The molecule has 1 saturated heterocycles. The van der Waals surface area contributed by atoms with Gasteiger partial charge in [-0.3, -0.25) is 14.9 Å². The van der Waals surface area contributed by atoms with Crippen molar-refractivity contribution in [3.63, 3.8) is 0 Å². The number of fused-ring (bicyclic) bond motifs is 1. The van der Waals surface area contributed by atoms with Gasteiger partial charge in [-0.05, 0) is 68.8 Å². The van der Waals surface area contributed by atoms with Crippen LogP contribution in [0.5, 0.6) is 0 Å². The fraction of sp³-hybridized carbons (Fsp3) is 0.296. The molecule has 0 N–H and O–H groups in total. The molecule has 0 saturated carbocycles. The van der Waals surface area contributed by atoms with Crippen molar-refractivity contribution in [1.82, 2.24) is 8.87 Å². The Bertz CT molecular complexity index is 1570. The van der Waals surface area contributed by atoms with E-state index in [1.165, 1.54) is 16.4 Å². The molecular formula is C27H28N4O6S. The lowest BCUT2D eigenvalue weighted by Gasteiger charge is -2.26. The van der Waals surface area contributed by atoms with Crippen molar-refractivity contribution in [2.45, 2.75) is 25.7 Å². The molecule has 11 heteroatoms. The number of aromatic nitrogens is 1. The highest BCUT2D eigenvalue weighted by Crippen LogP contribution is 2.40. The Balaban J connectivity index is 1.58. The number of aryl methyl sites for hydroxylation is 1. The maximum Gasteiger partial charge on any atom is 0.269 e. The van der Waals surface area contributed by atoms with Crippen LogP contribution in [-0.4, -0.2) is 61.0 Å². The number of non-ortho nitro benzene ring substituents is 1. The third-order valence-electron chi connectivity index (χ3n) is 7.04. The van der Waals surface area contributed by atoms with Crippen LogP contribution in [0.15, 0.2) is 53.4 Å². The second-order valence-electron chi connectivity index (χ2n) is 9.24. The number of carbonyl (C=O) groups excluding carboxylic acids is 1. The third-order valence-corrected chi connectivity index (χ3v) is 8.93. The molecule has 2 aliphatic rings. The highest BCUT2D eigenvalue weighted by molar-refractivity contribution is 7.89. The number of carbonyl (C=O) groups is 1. The summed E-state index contributed by atoms with van der Waals surface area (Å²) in [6.45, 7) is 7.44. The van der Waals surface area contributed by atoms with Crippen molar-refractivity contribution in [3.8, 4) is 5.69 Å². The number of anilines is 1. The van der Waals surface area contributed by atoms with Crippen LogP contribution in [0.25, 0.3) is 17.3 Å². The van der Waals surface area contributed by atoms with Gasteiger partial charge in [-0.1, -0.05) is 0 Å². The van der Waals surface area contributed by atoms with E-state index in [2.05, 4.69) is 0 Å². The maximum atomic E-state index is 13.4. The molecule has 1 aromatic heterocycles. The van der Waals surface area contributed by atoms with E-state index in [1.807, 2.05) is 31.4 Å². The molecule has 0 spiro atoms. The molecule has 0 unspecified atom stereocenters. The SMILES string of the molecule is CCN1C(=O)C(=Cc2cc(C)n(-c3ccc([N+](=O)[O-])cc3)c2C)c2cc(S(=O)(=O)N3CCOCC3)ccc21. The van der Waals surface area contributed by atoms with Crippen LogP contribution in [0.1, 0.15) is 29.4 Å². The van der Waals surface area contributed by atoms with E-state index >= 15 is 0 Å². The fourth-order valence-electron chi connectivity index (χ4n) is 5.10. The minimum absolute atomic E-state index is 0.00852. The highest BCUT2D eigenvalue weighted by Gasteiger charge is 2.34. The maximum absolute atomic E-state index is 13.4.